The fourth-order valence-electron chi connectivity index (χ4n) is 3.54. The van der Waals surface area contributed by atoms with Gasteiger partial charge in [-0.15, -0.1) is 0 Å². The maximum atomic E-state index is 12.5. The third-order valence-corrected chi connectivity index (χ3v) is 4.71. The van der Waals surface area contributed by atoms with Gasteiger partial charge in [0.2, 0.25) is 11.8 Å². The van der Waals surface area contributed by atoms with E-state index in [1.807, 2.05) is 12.1 Å². The van der Waals surface area contributed by atoms with E-state index in [9.17, 15) is 9.59 Å². The smallest absolute Gasteiger partial charge is 0.243 e. The lowest BCUT2D eigenvalue weighted by Crippen LogP contribution is -2.39. The molecule has 0 spiro atoms. The monoisotopic (exact) mass is 314 g/mol. The number of fused-ring (bicyclic) bond motifs is 2. The van der Waals surface area contributed by atoms with Crippen LogP contribution in [0.2, 0.25) is 0 Å². The van der Waals surface area contributed by atoms with Crippen molar-refractivity contribution in [2.75, 3.05) is 26.0 Å². The number of hydrogen-bond acceptors (Lipinski definition) is 3. The van der Waals surface area contributed by atoms with Gasteiger partial charge in [0, 0.05) is 24.7 Å². The van der Waals surface area contributed by atoms with Gasteiger partial charge < -0.3 is 15.0 Å². The number of carbonyl (C=O) groups is 2. The number of rotatable bonds is 5. The van der Waals surface area contributed by atoms with Crippen molar-refractivity contribution in [3.63, 3.8) is 0 Å². The predicted molar refractivity (Wildman–Crippen MR) is 88.1 cm³/mol. The summed E-state index contributed by atoms with van der Waals surface area (Å²) in [5, 5.41) is 2.80. The van der Waals surface area contributed by atoms with Crippen molar-refractivity contribution in [3.05, 3.63) is 36.4 Å². The summed E-state index contributed by atoms with van der Waals surface area (Å²) in [7, 11) is 3.28. The highest BCUT2D eigenvalue weighted by molar-refractivity contribution is 5.95. The van der Waals surface area contributed by atoms with Crippen LogP contribution in [0.25, 0.3) is 0 Å². The van der Waals surface area contributed by atoms with Crippen molar-refractivity contribution < 1.29 is 14.3 Å². The lowest BCUT2D eigenvalue weighted by Gasteiger charge is -2.24. The number of amides is 2. The van der Waals surface area contributed by atoms with E-state index >= 15 is 0 Å². The molecule has 0 saturated heterocycles. The quantitative estimate of drug-likeness (QED) is 0.849. The fourth-order valence-corrected chi connectivity index (χ4v) is 3.54. The molecule has 2 amide bonds. The van der Waals surface area contributed by atoms with Crippen molar-refractivity contribution in [1.29, 1.82) is 0 Å². The van der Waals surface area contributed by atoms with Crippen LogP contribution in [-0.4, -0.2) is 37.4 Å². The van der Waals surface area contributed by atoms with Gasteiger partial charge >= 0.3 is 0 Å². The molecule has 0 unspecified atom stereocenters. The zero-order chi connectivity index (χ0) is 16.4. The number of anilines is 1. The Morgan fingerprint density at radius 3 is 2.78 bits per heavy atom. The number of nitrogens with zero attached hydrogens (tertiary/aromatic N) is 1. The normalized spacial score (nSPS) is 24.5. The summed E-state index contributed by atoms with van der Waals surface area (Å²) in [4.78, 5) is 26.2. The Kier molecular flexibility index (Phi) is 4.37. The van der Waals surface area contributed by atoms with Crippen molar-refractivity contribution in [2.24, 2.45) is 17.8 Å². The van der Waals surface area contributed by atoms with E-state index in [-0.39, 0.29) is 24.3 Å². The highest BCUT2D eigenvalue weighted by Crippen LogP contribution is 2.44. The van der Waals surface area contributed by atoms with E-state index in [2.05, 4.69) is 17.5 Å². The highest BCUT2D eigenvalue weighted by atomic mass is 16.5. The number of carbonyl (C=O) groups excluding carboxylic acids is 2. The van der Waals surface area contributed by atoms with Crippen LogP contribution in [0.15, 0.2) is 36.4 Å². The molecule has 122 valence electrons. The summed E-state index contributed by atoms with van der Waals surface area (Å²) in [5.74, 6) is 1.50. The molecule has 2 aliphatic rings. The average molecular weight is 314 g/mol. The van der Waals surface area contributed by atoms with Crippen molar-refractivity contribution in [1.82, 2.24) is 4.90 Å². The number of hydrogen-bond donors (Lipinski definition) is 1. The zero-order valence-corrected chi connectivity index (χ0v) is 13.5. The summed E-state index contributed by atoms with van der Waals surface area (Å²) in [5.41, 5.74) is 0.665. The van der Waals surface area contributed by atoms with E-state index in [1.54, 1.807) is 26.3 Å². The van der Waals surface area contributed by atoms with Gasteiger partial charge in [0.1, 0.15) is 5.75 Å². The van der Waals surface area contributed by atoms with Gasteiger partial charge in [-0.05, 0) is 36.8 Å². The number of methoxy groups -OCH3 is 1. The Balaban J connectivity index is 1.54. The van der Waals surface area contributed by atoms with E-state index < -0.39 is 0 Å². The summed E-state index contributed by atoms with van der Waals surface area (Å²) in [6.07, 6.45) is 6.37. The maximum Gasteiger partial charge on any atom is 0.243 e. The van der Waals surface area contributed by atoms with E-state index in [0.29, 0.717) is 23.3 Å². The van der Waals surface area contributed by atoms with Gasteiger partial charge in [-0.25, -0.2) is 0 Å². The lowest BCUT2D eigenvalue weighted by atomic mass is 9.92. The minimum Gasteiger partial charge on any atom is -0.497 e. The summed E-state index contributed by atoms with van der Waals surface area (Å²) >= 11 is 0. The number of allylic oxidation sites excluding steroid dienone is 2. The Morgan fingerprint density at radius 2 is 2.13 bits per heavy atom. The number of ether oxygens (including phenoxy) is 1. The van der Waals surface area contributed by atoms with Crippen LogP contribution in [0.5, 0.6) is 5.75 Å². The second kappa shape index (κ2) is 6.44. The van der Waals surface area contributed by atoms with Crippen molar-refractivity contribution in [3.8, 4) is 5.75 Å². The van der Waals surface area contributed by atoms with Crippen LogP contribution in [0.4, 0.5) is 5.69 Å². The summed E-state index contributed by atoms with van der Waals surface area (Å²) in [6.45, 7) is 0.0631. The van der Waals surface area contributed by atoms with Crippen molar-refractivity contribution in [2.45, 2.75) is 12.8 Å². The Bertz CT molecular complexity index is 641. The molecule has 2 bridgehead atoms. The Labute approximate surface area is 136 Å². The van der Waals surface area contributed by atoms with E-state index in [1.165, 1.54) is 4.90 Å². The van der Waals surface area contributed by atoms with Gasteiger partial charge in [0.05, 0.1) is 13.7 Å². The molecule has 0 aromatic heterocycles. The predicted octanol–water partition coefficient (Wildman–Crippen LogP) is 2.30. The largest absolute Gasteiger partial charge is 0.497 e. The number of likely N-dealkylation sites (N-methyl/N-ethyl adjacent to an activating group) is 1. The molecule has 1 aromatic rings. The highest BCUT2D eigenvalue weighted by Gasteiger charge is 2.41. The average Bonchev–Trinajstić information content (AvgIpc) is 3.17. The zero-order valence-electron chi connectivity index (χ0n) is 13.5. The van der Waals surface area contributed by atoms with Crippen LogP contribution in [0, 0.1) is 17.8 Å². The minimum absolute atomic E-state index is 0.0413. The first kappa shape index (κ1) is 15.6. The Hall–Kier alpha value is -2.30. The lowest BCUT2D eigenvalue weighted by molar-refractivity contribution is -0.137. The number of benzene rings is 1. The molecule has 5 heteroatoms. The Morgan fingerprint density at radius 1 is 1.30 bits per heavy atom. The molecule has 1 fully saturated rings. The molecule has 1 saturated carbocycles. The molecule has 2 aliphatic carbocycles. The molecule has 0 aliphatic heterocycles. The van der Waals surface area contributed by atoms with Crippen LogP contribution in [0.3, 0.4) is 0 Å². The third kappa shape index (κ3) is 3.38. The van der Waals surface area contributed by atoms with Crippen LogP contribution < -0.4 is 10.1 Å². The summed E-state index contributed by atoms with van der Waals surface area (Å²) < 4.78 is 5.13. The first-order valence-electron chi connectivity index (χ1n) is 7.94. The fraction of sp³-hybridized carbons (Fsp3) is 0.444. The van der Waals surface area contributed by atoms with Gasteiger partial charge in [-0.2, -0.15) is 0 Å². The van der Waals surface area contributed by atoms with Crippen LogP contribution >= 0.6 is 0 Å². The van der Waals surface area contributed by atoms with Crippen LogP contribution in [0.1, 0.15) is 12.8 Å². The molecule has 1 aromatic carbocycles. The second-order valence-corrected chi connectivity index (χ2v) is 6.36. The van der Waals surface area contributed by atoms with Gasteiger partial charge in [-0.3, -0.25) is 9.59 Å². The summed E-state index contributed by atoms with van der Waals surface area (Å²) in [6, 6.07) is 7.17. The van der Waals surface area contributed by atoms with Gasteiger partial charge in [-0.1, -0.05) is 18.2 Å². The molecule has 0 heterocycles. The molecule has 23 heavy (non-hydrogen) atoms. The third-order valence-electron chi connectivity index (χ3n) is 4.71. The van der Waals surface area contributed by atoms with Crippen LogP contribution in [-0.2, 0) is 9.59 Å². The molecule has 3 rings (SSSR count). The maximum absolute atomic E-state index is 12.5. The van der Waals surface area contributed by atoms with Crippen molar-refractivity contribution >= 4 is 17.5 Å². The van der Waals surface area contributed by atoms with Gasteiger partial charge in [0.15, 0.2) is 0 Å². The molecule has 1 N–H and O–H groups in total. The van der Waals surface area contributed by atoms with E-state index in [0.717, 1.165) is 12.8 Å². The molecular weight excluding hydrogens is 292 g/mol. The van der Waals surface area contributed by atoms with E-state index in [4.69, 9.17) is 4.74 Å². The molecule has 5 nitrogen and oxygen atoms in total. The number of nitrogens with one attached hydrogen (secondary N) is 1. The topological polar surface area (TPSA) is 58.6 Å². The second-order valence-electron chi connectivity index (χ2n) is 6.36. The SMILES string of the molecule is COc1cccc(NC(=O)CN(C)C(=O)[C@@H]2C[C@@H]3C=C[C@H]2C3)c1. The molecule has 3 atom stereocenters. The molecular formula is C18H22N2O3. The molecule has 0 radical (unpaired) electrons. The minimum atomic E-state index is -0.201. The first-order chi connectivity index (χ1) is 11.1. The first-order valence-corrected chi connectivity index (χ1v) is 7.94. The standard InChI is InChI=1S/C18H22N2O3/c1-20(18(22)16-9-12-6-7-13(16)8-12)11-17(21)19-14-4-3-5-15(10-14)23-2/h3-7,10,12-13,16H,8-9,11H2,1-2H3,(H,19,21)/t12-,13+,16-/m1/s1. The van der Waals surface area contributed by atoms with Gasteiger partial charge in [0.25, 0.3) is 0 Å².